The first-order valence-electron chi connectivity index (χ1n) is 8.75. The van der Waals surface area contributed by atoms with E-state index in [1.165, 1.54) is 0 Å². The molecule has 2 aromatic carbocycles. The fourth-order valence-electron chi connectivity index (χ4n) is 3.38. The van der Waals surface area contributed by atoms with E-state index in [2.05, 4.69) is 16.0 Å². The van der Waals surface area contributed by atoms with Crippen LogP contribution in [0.15, 0.2) is 42.5 Å². The molecule has 6 heteroatoms. The van der Waals surface area contributed by atoms with Gasteiger partial charge >= 0.3 is 0 Å². The van der Waals surface area contributed by atoms with Crippen molar-refractivity contribution in [1.29, 1.82) is 0 Å². The molecule has 0 aliphatic carbocycles. The van der Waals surface area contributed by atoms with E-state index in [1.807, 2.05) is 49.4 Å². The third kappa shape index (κ3) is 3.47. The van der Waals surface area contributed by atoms with Gasteiger partial charge in [0.1, 0.15) is 6.17 Å². The van der Waals surface area contributed by atoms with Crippen LogP contribution in [-0.2, 0) is 22.7 Å². The summed E-state index contributed by atoms with van der Waals surface area (Å²) in [7, 11) is 0. The molecule has 0 aromatic heterocycles. The van der Waals surface area contributed by atoms with Gasteiger partial charge in [-0.15, -0.1) is 0 Å². The van der Waals surface area contributed by atoms with Crippen molar-refractivity contribution >= 4 is 17.5 Å². The molecule has 2 aliphatic rings. The number of carbonyl (C=O) groups excluding carboxylic acids is 2. The first-order valence-corrected chi connectivity index (χ1v) is 8.75. The largest absolute Gasteiger partial charge is 0.372 e. The second-order valence-electron chi connectivity index (χ2n) is 6.83. The third-order valence-corrected chi connectivity index (χ3v) is 4.71. The Morgan fingerprint density at radius 1 is 1.15 bits per heavy atom. The van der Waals surface area contributed by atoms with Gasteiger partial charge < -0.3 is 15.4 Å². The lowest BCUT2D eigenvalue weighted by Gasteiger charge is -2.30. The highest BCUT2D eigenvalue weighted by Gasteiger charge is 2.24. The molecule has 4 rings (SSSR count). The third-order valence-electron chi connectivity index (χ3n) is 4.71. The fraction of sp³-hybridized carbons (Fsp3) is 0.300. The maximum Gasteiger partial charge on any atom is 0.255 e. The van der Waals surface area contributed by atoms with Crippen molar-refractivity contribution in [2.75, 3.05) is 5.32 Å². The highest BCUT2D eigenvalue weighted by molar-refractivity contribution is 6.04. The van der Waals surface area contributed by atoms with Crippen molar-refractivity contribution in [3.8, 4) is 0 Å². The molecule has 2 atom stereocenters. The number of hydrogen-bond acceptors (Lipinski definition) is 4. The van der Waals surface area contributed by atoms with E-state index in [0.29, 0.717) is 30.9 Å². The van der Waals surface area contributed by atoms with Gasteiger partial charge in [-0.05, 0) is 47.9 Å². The number of fused-ring (bicyclic) bond motifs is 1. The zero-order valence-electron chi connectivity index (χ0n) is 14.5. The Morgan fingerprint density at radius 3 is 2.85 bits per heavy atom. The van der Waals surface area contributed by atoms with E-state index < -0.39 is 0 Å². The SMILES string of the molecule is CC1CC(=O)NC(c2cccc(NC(=O)c3ccc4c(c3)COC4)c2)N1. The van der Waals surface area contributed by atoms with Crippen LogP contribution in [0.4, 0.5) is 5.69 Å². The lowest BCUT2D eigenvalue weighted by Crippen LogP contribution is -2.49. The van der Waals surface area contributed by atoms with Gasteiger partial charge in [0.2, 0.25) is 5.91 Å². The number of benzene rings is 2. The molecular weight excluding hydrogens is 330 g/mol. The minimum atomic E-state index is -0.250. The Kier molecular flexibility index (Phi) is 4.44. The lowest BCUT2D eigenvalue weighted by atomic mass is 10.1. The monoisotopic (exact) mass is 351 g/mol. The zero-order valence-corrected chi connectivity index (χ0v) is 14.5. The van der Waals surface area contributed by atoms with Crippen LogP contribution in [0.3, 0.4) is 0 Å². The van der Waals surface area contributed by atoms with Gasteiger partial charge in [0.05, 0.1) is 13.2 Å². The second kappa shape index (κ2) is 6.90. The number of ether oxygens (including phenoxy) is 1. The van der Waals surface area contributed by atoms with Gasteiger partial charge in [-0.2, -0.15) is 0 Å². The quantitative estimate of drug-likeness (QED) is 0.794. The number of anilines is 1. The highest BCUT2D eigenvalue weighted by Crippen LogP contribution is 2.23. The molecule has 0 radical (unpaired) electrons. The normalized spacial score (nSPS) is 21.8. The minimum Gasteiger partial charge on any atom is -0.372 e. The molecule has 0 bridgehead atoms. The van der Waals surface area contributed by atoms with Crippen LogP contribution < -0.4 is 16.0 Å². The van der Waals surface area contributed by atoms with Gasteiger partial charge in [-0.3, -0.25) is 14.9 Å². The van der Waals surface area contributed by atoms with Gasteiger partial charge in [0.15, 0.2) is 0 Å². The predicted octanol–water partition coefficient (Wildman–Crippen LogP) is 2.47. The summed E-state index contributed by atoms with van der Waals surface area (Å²) in [5.74, 6) is -0.137. The molecule has 134 valence electrons. The van der Waals surface area contributed by atoms with Crippen molar-refractivity contribution in [3.05, 3.63) is 64.7 Å². The van der Waals surface area contributed by atoms with Crippen LogP contribution >= 0.6 is 0 Å². The molecule has 26 heavy (non-hydrogen) atoms. The summed E-state index contributed by atoms with van der Waals surface area (Å²) in [6, 6.07) is 13.3. The Bertz CT molecular complexity index is 865. The van der Waals surface area contributed by atoms with Crippen molar-refractivity contribution in [1.82, 2.24) is 10.6 Å². The Morgan fingerprint density at radius 2 is 2.00 bits per heavy atom. The number of carbonyl (C=O) groups is 2. The molecule has 3 N–H and O–H groups in total. The van der Waals surface area contributed by atoms with Crippen molar-refractivity contribution in [3.63, 3.8) is 0 Å². The van der Waals surface area contributed by atoms with E-state index in [9.17, 15) is 9.59 Å². The lowest BCUT2D eigenvalue weighted by molar-refractivity contribution is -0.124. The van der Waals surface area contributed by atoms with Crippen LogP contribution in [0, 0.1) is 0 Å². The smallest absolute Gasteiger partial charge is 0.255 e. The van der Waals surface area contributed by atoms with Crippen LogP contribution in [0.2, 0.25) is 0 Å². The van der Waals surface area contributed by atoms with Gasteiger partial charge in [-0.1, -0.05) is 18.2 Å². The first-order chi connectivity index (χ1) is 12.6. The maximum atomic E-state index is 12.6. The standard InChI is InChI=1S/C20H21N3O3/c1-12-7-18(24)23-19(21-12)13-3-2-4-17(9-13)22-20(25)14-5-6-15-10-26-11-16(15)8-14/h2-6,8-9,12,19,21H,7,10-11H2,1H3,(H,22,25)(H,23,24). The van der Waals surface area contributed by atoms with E-state index in [0.717, 1.165) is 16.7 Å². The van der Waals surface area contributed by atoms with E-state index in [-0.39, 0.29) is 24.0 Å². The summed E-state index contributed by atoms with van der Waals surface area (Å²) < 4.78 is 5.40. The first kappa shape index (κ1) is 16.8. The van der Waals surface area contributed by atoms with Crippen LogP contribution in [0.25, 0.3) is 0 Å². The van der Waals surface area contributed by atoms with Crippen LogP contribution in [0.5, 0.6) is 0 Å². The molecule has 2 aliphatic heterocycles. The van der Waals surface area contributed by atoms with E-state index in [1.54, 1.807) is 0 Å². The Balaban J connectivity index is 1.50. The number of amides is 2. The average Bonchev–Trinajstić information content (AvgIpc) is 3.09. The molecule has 2 aromatic rings. The minimum absolute atomic E-state index is 0.0241. The maximum absolute atomic E-state index is 12.6. The van der Waals surface area contributed by atoms with Crippen molar-refractivity contribution in [2.45, 2.75) is 38.8 Å². The topological polar surface area (TPSA) is 79.5 Å². The summed E-state index contributed by atoms with van der Waals surface area (Å²) in [5.41, 5.74) is 4.41. The summed E-state index contributed by atoms with van der Waals surface area (Å²) >= 11 is 0. The van der Waals surface area contributed by atoms with Gasteiger partial charge in [-0.25, -0.2) is 0 Å². The summed E-state index contributed by atoms with van der Waals surface area (Å²) in [6.07, 6.45) is 0.217. The summed E-state index contributed by atoms with van der Waals surface area (Å²) in [4.78, 5) is 24.3. The molecule has 1 fully saturated rings. The van der Waals surface area contributed by atoms with E-state index in [4.69, 9.17) is 4.74 Å². The molecule has 0 saturated carbocycles. The number of nitrogens with one attached hydrogen (secondary N) is 3. The zero-order chi connectivity index (χ0) is 18.1. The number of rotatable bonds is 3. The second-order valence-corrected chi connectivity index (χ2v) is 6.83. The molecule has 1 saturated heterocycles. The van der Waals surface area contributed by atoms with Gasteiger partial charge in [0, 0.05) is 23.7 Å². The molecule has 6 nitrogen and oxygen atoms in total. The summed E-state index contributed by atoms with van der Waals surface area (Å²) in [6.45, 7) is 3.14. The van der Waals surface area contributed by atoms with Crippen LogP contribution in [0.1, 0.15) is 46.6 Å². The predicted molar refractivity (Wildman–Crippen MR) is 97.4 cm³/mol. The Labute approximate surface area is 151 Å². The van der Waals surface area contributed by atoms with E-state index >= 15 is 0 Å². The summed E-state index contributed by atoms with van der Waals surface area (Å²) in [5, 5.41) is 9.20. The van der Waals surface area contributed by atoms with Gasteiger partial charge in [0.25, 0.3) is 5.91 Å². The van der Waals surface area contributed by atoms with Crippen molar-refractivity contribution < 1.29 is 14.3 Å². The van der Waals surface area contributed by atoms with Crippen molar-refractivity contribution in [2.24, 2.45) is 0 Å². The fourth-order valence-corrected chi connectivity index (χ4v) is 3.38. The number of hydrogen-bond donors (Lipinski definition) is 3. The highest BCUT2D eigenvalue weighted by atomic mass is 16.5. The average molecular weight is 351 g/mol. The molecular formula is C20H21N3O3. The molecule has 0 spiro atoms. The Hall–Kier alpha value is -2.70. The molecule has 2 heterocycles. The molecule has 2 unspecified atom stereocenters. The molecule has 2 amide bonds. The van der Waals surface area contributed by atoms with Crippen LogP contribution in [-0.4, -0.2) is 17.9 Å².